The van der Waals surface area contributed by atoms with Crippen LogP contribution in [0.4, 0.5) is 5.69 Å². The molecule has 5 heteroatoms. The van der Waals surface area contributed by atoms with Gasteiger partial charge in [0.15, 0.2) is 0 Å². The van der Waals surface area contributed by atoms with Gasteiger partial charge < -0.3 is 15.2 Å². The van der Waals surface area contributed by atoms with Crippen molar-refractivity contribution in [2.75, 3.05) is 5.32 Å². The number of amides is 1. The Labute approximate surface area is 246 Å². The maximum Gasteiger partial charge on any atom is 0.335 e. The number of carbonyl (C=O) groups is 2. The molecule has 6 rings (SSSR count). The minimum atomic E-state index is -0.960. The van der Waals surface area contributed by atoms with Crippen molar-refractivity contribution < 1.29 is 19.4 Å². The van der Waals surface area contributed by atoms with Crippen molar-refractivity contribution in [2.24, 2.45) is 11.8 Å². The Morgan fingerprint density at radius 1 is 0.833 bits per heavy atom. The van der Waals surface area contributed by atoms with Crippen LogP contribution in [0.5, 0.6) is 0 Å². The fourth-order valence-corrected chi connectivity index (χ4v) is 5.92. The fraction of sp³-hybridized carbons (Fsp3) is 0.243. The number of hydrogen-bond donors (Lipinski definition) is 2. The standard InChI is InChI=1S/C37H35NO4/c39-36(38-33-20-18-29(19-21-33)35-24-31-8-4-5-9-34(31)42-35)32(23-26-12-16-30(17-13-26)37(40)41)22-25-10-14-28(15-11-25)27-6-2-1-3-7-27/h4-6,8-21,24,31-32,34H,1-3,7,22-23H2,(H,38,39)(H,40,41). The molecule has 1 aliphatic heterocycles. The highest BCUT2D eigenvalue weighted by molar-refractivity contribution is 5.93. The van der Waals surface area contributed by atoms with Crippen LogP contribution in [0.1, 0.15) is 58.3 Å². The van der Waals surface area contributed by atoms with Crippen LogP contribution in [0.25, 0.3) is 11.3 Å². The van der Waals surface area contributed by atoms with Gasteiger partial charge in [-0.2, -0.15) is 0 Å². The molecule has 3 aromatic rings. The minimum Gasteiger partial charge on any atom is -0.485 e. The summed E-state index contributed by atoms with van der Waals surface area (Å²) < 4.78 is 6.11. The number of allylic oxidation sites excluding steroid dienone is 4. The Balaban J connectivity index is 1.17. The molecule has 1 amide bonds. The highest BCUT2D eigenvalue weighted by Crippen LogP contribution is 2.34. The summed E-state index contributed by atoms with van der Waals surface area (Å²) in [5, 5.41) is 12.4. The zero-order chi connectivity index (χ0) is 28.9. The van der Waals surface area contributed by atoms with Gasteiger partial charge in [-0.25, -0.2) is 4.79 Å². The number of nitrogens with one attached hydrogen (secondary N) is 1. The second kappa shape index (κ2) is 12.5. The second-order valence-corrected chi connectivity index (χ2v) is 11.3. The van der Waals surface area contributed by atoms with Gasteiger partial charge in [-0.15, -0.1) is 0 Å². The number of carbonyl (C=O) groups excluding carboxylic acids is 1. The number of ether oxygens (including phenoxy) is 1. The average Bonchev–Trinajstić information content (AvgIpc) is 3.47. The maximum absolute atomic E-state index is 13.7. The van der Waals surface area contributed by atoms with Gasteiger partial charge in [0.25, 0.3) is 0 Å². The van der Waals surface area contributed by atoms with E-state index in [1.807, 2.05) is 36.4 Å². The van der Waals surface area contributed by atoms with E-state index >= 15 is 0 Å². The van der Waals surface area contributed by atoms with Crippen molar-refractivity contribution in [3.05, 3.63) is 137 Å². The Bertz CT molecular complexity index is 1560. The molecule has 3 unspecified atom stereocenters. The van der Waals surface area contributed by atoms with E-state index in [2.05, 4.69) is 53.9 Å². The van der Waals surface area contributed by atoms with Gasteiger partial charge in [-0.1, -0.05) is 60.7 Å². The highest BCUT2D eigenvalue weighted by atomic mass is 16.5. The van der Waals surface area contributed by atoms with Crippen LogP contribution < -0.4 is 5.32 Å². The highest BCUT2D eigenvalue weighted by Gasteiger charge is 2.27. The summed E-state index contributed by atoms with van der Waals surface area (Å²) in [5.74, 6) is -0.250. The zero-order valence-electron chi connectivity index (χ0n) is 23.5. The molecule has 5 nitrogen and oxygen atoms in total. The van der Waals surface area contributed by atoms with Crippen LogP contribution >= 0.6 is 0 Å². The van der Waals surface area contributed by atoms with E-state index in [0.29, 0.717) is 12.8 Å². The van der Waals surface area contributed by atoms with Gasteiger partial charge in [-0.05, 0) is 109 Å². The molecule has 0 radical (unpaired) electrons. The maximum atomic E-state index is 13.7. The number of aromatic carboxylic acids is 1. The topological polar surface area (TPSA) is 75.6 Å². The molecular formula is C37H35NO4. The van der Waals surface area contributed by atoms with E-state index < -0.39 is 5.97 Å². The van der Waals surface area contributed by atoms with Crippen molar-refractivity contribution in [2.45, 2.75) is 44.6 Å². The third kappa shape index (κ3) is 6.46. The quantitative estimate of drug-likeness (QED) is 0.281. The average molecular weight is 558 g/mol. The van der Waals surface area contributed by atoms with E-state index in [1.165, 1.54) is 24.0 Å². The number of hydrogen-bond acceptors (Lipinski definition) is 3. The molecule has 0 bridgehead atoms. The Hall–Kier alpha value is -4.64. The van der Waals surface area contributed by atoms with Crippen LogP contribution in [-0.4, -0.2) is 23.1 Å². The number of benzene rings is 3. The molecular weight excluding hydrogens is 522 g/mol. The van der Waals surface area contributed by atoms with Gasteiger partial charge in [0.05, 0.1) is 5.56 Å². The monoisotopic (exact) mass is 557 g/mol. The first-order valence-corrected chi connectivity index (χ1v) is 14.8. The summed E-state index contributed by atoms with van der Waals surface area (Å²) in [5.41, 5.74) is 6.64. The Morgan fingerprint density at radius 3 is 2.14 bits per heavy atom. The summed E-state index contributed by atoms with van der Waals surface area (Å²) in [6.45, 7) is 0. The van der Waals surface area contributed by atoms with Crippen molar-refractivity contribution in [3.8, 4) is 0 Å². The molecule has 42 heavy (non-hydrogen) atoms. The summed E-state index contributed by atoms with van der Waals surface area (Å²) in [4.78, 5) is 25.0. The van der Waals surface area contributed by atoms with E-state index in [1.54, 1.807) is 24.3 Å². The SMILES string of the molecule is O=C(O)c1ccc(CC(Cc2ccc(C3=CCCCC3)cc2)C(=O)Nc2ccc(C3=CC4C=CC=CC4O3)cc2)cc1. The lowest BCUT2D eigenvalue weighted by molar-refractivity contribution is -0.119. The van der Waals surface area contributed by atoms with Crippen LogP contribution in [0, 0.1) is 11.8 Å². The molecule has 1 heterocycles. The number of rotatable bonds is 9. The van der Waals surface area contributed by atoms with E-state index in [4.69, 9.17) is 4.74 Å². The summed E-state index contributed by atoms with van der Waals surface area (Å²) in [6, 6.07) is 23.2. The molecule has 0 fully saturated rings. The van der Waals surface area contributed by atoms with Crippen molar-refractivity contribution >= 4 is 28.9 Å². The second-order valence-electron chi connectivity index (χ2n) is 11.3. The zero-order valence-corrected chi connectivity index (χ0v) is 23.5. The molecule has 0 saturated carbocycles. The van der Waals surface area contributed by atoms with Crippen molar-refractivity contribution in [1.82, 2.24) is 0 Å². The van der Waals surface area contributed by atoms with Crippen molar-refractivity contribution in [1.29, 1.82) is 0 Å². The Kier molecular flexibility index (Phi) is 8.18. The summed E-state index contributed by atoms with van der Waals surface area (Å²) in [7, 11) is 0. The molecule has 0 saturated heterocycles. The molecule has 3 atom stereocenters. The van der Waals surface area contributed by atoms with Crippen LogP contribution in [-0.2, 0) is 22.4 Å². The smallest absolute Gasteiger partial charge is 0.335 e. The number of fused-ring (bicyclic) bond motifs is 1. The van der Waals surface area contributed by atoms with Gasteiger partial charge in [-0.3, -0.25) is 4.79 Å². The van der Waals surface area contributed by atoms with E-state index in [9.17, 15) is 14.7 Å². The number of carboxylic acids is 1. The first-order valence-electron chi connectivity index (χ1n) is 14.8. The molecule has 3 aliphatic rings. The van der Waals surface area contributed by atoms with Gasteiger partial charge in [0.2, 0.25) is 5.91 Å². The van der Waals surface area contributed by atoms with Gasteiger partial charge in [0, 0.05) is 23.1 Å². The third-order valence-corrected chi connectivity index (χ3v) is 8.32. The molecule has 3 aromatic carbocycles. The summed E-state index contributed by atoms with van der Waals surface area (Å²) in [6.07, 6.45) is 18.6. The predicted molar refractivity (Wildman–Crippen MR) is 167 cm³/mol. The first-order chi connectivity index (χ1) is 20.5. The summed E-state index contributed by atoms with van der Waals surface area (Å²) >= 11 is 0. The lowest BCUT2D eigenvalue weighted by atomic mass is 9.89. The van der Waals surface area contributed by atoms with Crippen LogP contribution in [0.3, 0.4) is 0 Å². The lowest BCUT2D eigenvalue weighted by Crippen LogP contribution is -2.26. The number of anilines is 1. The molecule has 2 N–H and O–H groups in total. The van der Waals surface area contributed by atoms with Crippen molar-refractivity contribution in [3.63, 3.8) is 0 Å². The molecule has 212 valence electrons. The first kappa shape index (κ1) is 27.5. The third-order valence-electron chi connectivity index (χ3n) is 8.32. The molecule has 0 aromatic heterocycles. The number of carboxylic acid groups (broad SMARTS) is 1. The fourth-order valence-electron chi connectivity index (χ4n) is 5.92. The van der Waals surface area contributed by atoms with Gasteiger partial charge in [0.1, 0.15) is 11.9 Å². The largest absolute Gasteiger partial charge is 0.485 e. The predicted octanol–water partition coefficient (Wildman–Crippen LogP) is 7.86. The molecule has 0 spiro atoms. The van der Waals surface area contributed by atoms with Gasteiger partial charge >= 0.3 is 5.97 Å². The minimum absolute atomic E-state index is 0.0446. The van der Waals surface area contributed by atoms with Crippen LogP contribution in [0.15, 0.2) is 109 Å². The van der Waals surface area contributed by atoms with Crippen LogP contribution in [0.2, 0.25) is 0 Å². The normalized spacial score (nSPS) is 19.7. The molecule has 2 aliphatic carbocycles. The van der Waals surface area contributed by atoms with E-state index in [0.717, 1.165) is 41.0 Å². The lowest BCUT2D eigenvalue weighted by Gasteiger charge is -2.19. The van der Waals surface area contributed by atoms with E-state index in [-0.39, 0.29) is 29.4 Å². The Morgan fingerprint density at radius 2 is 1.50 bits per heavy atom.